The molecule has 0 unspecified atom stereocenters. The van der Waals surface area contributed by atoms with E-state index in [1.165, 1.54) is 11.3 Å². The summed E-state index contributed by atoms with van der Waals surface area (Å²) in [6.07, 6.45) is 0. The van der Waals surface area contributed by atoms with E-state index in [0.717, 1.165) is 14.7 Å². The van der Waals surface area contributed by atoms with Gasteiger partial charge in [-0.25, -0.2) is 4.98 Å². The number of hydrogen-bond acceptors (Lipinski definition) is 4. The highest BCUT2D eigenvalue weighted by Crippen LogP contribution is 2.28. The van der Waals surface area contributed by atoms with Gasteiger partial charge in [-0.2, -0.15) is 5.26 Å². The molecule has 0 aliphatic carbocycles. The van der Waals surface area contributed by atoms with Gasteiger partial charge in [-0.15, -0.1) is 0 Å². The average molecular weight is 358 g/mol. The summed E-state index contributed by atoms with van der Waals surface area (Å²) in [4.78, 5) is 16.5. The van der Waals surface area contributed by atoms with E-state index >= 15 is 0 Å². The molecule has 4 nitrogen and oxygen atoms in total. The first-order valence-electron chi connectivity index (χ1n) is 6.03. The first-order chi connectivity index (χ1) is 10.2. The number of thiazole rings is 1. The van der Waals surface area contributed by atoms with E-state index < -0.39 is 0 Å². The molecule has 0 spiro atoms. The topological polar surface area (TPSA) is 65.8 Å². The number of benzene rings is 2. The van der Waals surface area contributed by atoms with Gasteiger partial charge in [0.05, 0.1) is 21.8 Å². The van der Waals surface area contributed by atoms with Crippen LogP contribution in [0.1, 0.15) is 15.9 Å². The molecule has 1 N–H and O–H groups in total. The van der Waals surface area contributed by atoms with Gasteiger partial charge < -0.3 is 0 Å². The molecule has 6 heteroatoms. The van der Waals surface area contributed by atoms with Crippen LogP contribution in [0.4, 0.5) is 5.13 Å². The zero-order valence-corrected chi connectivity index (χ0v) is 13.0. The molecule has 3 aromatic rings. The minimum absolute atomic E-state index is 0.273. The lowest BCUT2D eigenvalue weighted by Gasteiger charge is -2.01. The molecule has 0 aliphatic heterocycles. The van der Waals surface area contributed by atoms with Crippen LogP contribution in [0.5, 0.6) is 0 Å². The Morgan fingerprint density at radius 2 is 2.14 bits per heavy atom. The van der Waals surface area contributed by atoms with Crippen LogP contribution in [0.2, 0.25) is 0 Å². The Labute approximate surface area is 133 Å². The van der Waals surface area contributed by atoms with Crippen LogP contribution in [0, 0.1) is 11.3 Å². The van der Waals surface area contributed by atoms with Crippen molar-refractivity contribution in [2.45, 2.75) is 0 Å². The normalized spacial score (nSPS) is 10.3. The average Bonchev–Trinajstić information content (AvgIpc) is 2.88. The quantitative estimate of drug-likeness (QED) is 0.747. The van der Waals surface area contributed by atoms with Crippen molar-refractivity contribution < 1.29 is 4.79 Å². The molecule has 0 radical (unpaired) electrons. The molecular weight excluding hydrogens is 350 g/mol. The second kappa shape index (κ2) is 5.64. The van der Waals surface area contributed by atoms with Crippen molar-refractivity contribution in [3.8, 4) is 6.07 Å². The summed E-state index contributed by atoms with van der Waals surface area (Å²) in [5, 5.41) is 12.2. The van der Waals surface area contributed by atoms with E-state index in [9.17, 15) is 4.79 Å². The monoisotopic (exact) mass is 357 g/mol. The highest BCUT2D eigenvalue weighted by molar-refractivity contribution is 9.10. The summed E-state index contributed by atoms with van der Waals surface area (Å²) in [5.74, 6) is -0.273. The van der Waals surface area contributed by atoms with Gasteiger partial charge in [0.15, 0.2) is 5.13 Å². The molecule has 21 heavy (non-hydrogen) atoms. The Hall–Kier alpha value is -2.23. The van der Waals surface area contributed by atoms with Crippen molar-refractivity contribution in [1.82, 2.24) is 4.98 Å². The van der Waals surface area contributed by atoms with Crippen LogP contribution in [-0.4, -0.2) is 10.9 Å². The summed E-state index contributed by atoms with van der Waals surface area (Å²) in [7, 11) is 0. The van der Waals surface area contributed by atoms with E-state index in [-0.39, 0.29) is 5.91 Å². The summed E-state index contributed by atoms with van der Waals surface area (Å²) in [6, 6.07) is 14.4. The van der Waals surface area contributed by atoms with Gasteiger partial charge in [-0.3, -0.25) is 10.1 Å². The molecule has 0 aliphatic rings. The number of anilines is 1. The number of rotatable bonds is 2. The van der Waals surface area contributed by atoms with Crippen molar-refractivity contribution in [2.75, 3.05) is 5.32 Å². The minimum Gasteiger partial charge on any atom is -0.298 e. The van der Waals surface area contributed by atoms with Gasteiger partial charge in [0.25, 0.3) is 5.91 Å². The number of nitrogens with zero attached hydrogens (tertiary/aromatic N) is 2. The zero-order chi connectivity index (χ0) is 14.8. The lowest BCUT2D eigenvalue weighted by atomic mass is 10.1. The van der Waals surface area contributed by atoms with E-state index in [4.69, 9.17) is 5.26 Å². The van der Waals surface area contributed by atoms with Crippen LogP contribution < -0.4 is 5.32 Å². The SMILES string of the molecule is N#Cc1cccc(C(=O)Nc2nc3cc(Br)ccc3s2)c1. The van der Waals surface area contributed by atoms with Gasteiger partial charge in [-0.05, 0) is 36.4 Å². The van der Waals surface area contributed by atoms with E-state index in [2.05, 4.69) is 26.2 Å². The van der Waals surface area contributed by atoms with Gasteiger partial charge in [0.2, 0.25) is 0 Å². The molecule has 0 saturated carbocycles. The Kier molecular flexibility index (Phi) is 3.69. The fourth-order valence-electron chi connectivity index (χ4n) is 1.85. The van der Waals surface area contributed by atoms with Crippen LogP contribution in [0.25, 0.3) is 10.2 Å². The fraction of sp³-hybridized carbons (Fsp3) is 0. The van der Waals surface area contributed by atoms with E-state index in [0.29, 0.717) is 16.3 Å². The van der Waals surface area contributed by atoms with Gasteiger partial charge in [0, 0.05) is 10.0 Å². The third kappa shape index (κ3) is 2.94. The number of carbonyl (C=O) groups is 1. The third-order valence-corrected chi connectivity index (χ3v) is 4.27. The second-order valence-corrected chi connectivity index (χ2v) is 6.22. The summed E-state index contributed by atoms with van der Waals surface area (Å²) < 4.78 is 1.94. The molecule has 0 bridgehead atoms. The molecule has 0 saturated heterocycles. The predicted octanol–water partition coefficient (Wildman–Crippen LogP) is 4.18. The standard InChI is InChI=1S/C15H8BrN3OS/c16-11-4-5-13-12(7-11)18-15(21-13)19-14(20)10-3-1-2-9(6-10)8-17/h1-7H,(H,18,19,20). The molecular formula is C15H8BrN3OS. The Morgan fingerprint density at radius 1 is 1.29 bits per heavy atom. The molecule has 1 heterocycles. The van der Waals surface area contributed by atoms with Crippen LogP contribution in [-0.2, 0) is 0 Å². The number of hydrogen-bond donors (Lipinski definition) is 1. The van der Waals surface area contributed by atoms with Crippen molar-refractivity contribution in [3.05, 3.63) is 58.1 Å². The maximum absolute atomic E-state index is 12.2. The lowest BCUT2D eigenvalue weighted by molar-refractivity contribution is 0.102. The number of amides is 1. The van der Waals surface area contributed by atoms with Crippen molar-refractivity contribution >= 4 is 48.5 Å². The molecule has 2 aromatic carbocycles. The summed E-state index contributed by atoms with van der Waals surface area (Å²) in [5.41, 5.74) is 1.72. The fourth-order valence-corrected chi connectivity index (χ4v) is 3.04. The zero-order valence-electron chi connectivity index (χ0n) is 10.6. The number of aromatic nitrogens is 1. The summed E-state index contributed by atoms with van der Waals surface area (Å²) in [6.45, 7) is 0. The Morgan fingerprint density at radius 3 is 2.95 bits per heavy atom. The minimum atomic E-state index is -0.273. The number of nitrogens with one attached hydrogen (secondary N) is 1. The smallest absolute Gasteiger partial charge is 0.257 e. The lowest BCUT2D eigenvalue weighted by Crippen LogP contribution is -2.11. The van der Waals surface area contributed by atoms with Gasteiger partial charge in [-0.1, -0.05) is 33.3 Å². The first kappa shape index (κ1) is 13.7. The predicted molar refractivity (Wildman–Crippen MR) is 86.4 cm³/mol. The molecule has 3 rings (SSSR count). The van der Waals surface area contributed by atoms with E-state index in [1.807, 2.05) is 24.3 Å². The number of halogens is 1. The molecule has 1 aromatic heterocycles. The van der Waals surface area contributed by atoms with Crippen LogP contribution in [0.3, 0.4) is 0 Å². The molecule has 102 valence electrons. The largest absolute Gasteiger partial charge is 0.298 e. The highest BCUT2D eigenvalue weighted by atomic mass is 79.9. The number of carbonyl (C=O) groups excluding carboxylic acids is 1. The van der Waals surface area contributed by atoms with E-state index in [1.54, 1.807) is 24.3 Å². The number of nitriles is 1. The summed E-state index contributed by atoms with van der Waals surface area (Å²) >= 11 is 4.80. The highest BCUT2D eigenvalue weighted by Gasteiger charge is 2.10. The molecule has 0 fully saturated rings. The Bertz CT molecular complexity index is 882. The maximum Gasteiger partial charge on any atom is 0.257 e. The van der Waals surface area contributed by atoms with Gasteiger partial charge in [0.1, 0.15) is 0 Å². The van der Waals surface area contributed by atoms with Gasteiger partial charge >= 0.3 is 0 Å². The van der Waals surface area contributed by atoms with Crippen molar-refractivity contribution in [1.29, 1.82) is 5.26 Å². The van der Waals surface area contributed by atoms with Crippen LogP contribution in [0.15, 0.2) is 46.9 Å². The third-order valence-electron chi connectivity index (χ3n) is 2.82. The van der Waals surface area contributed by atoms with Crippen LogP contribution >= 0.6 is 27.3 Å². The first-order valence-corrected chi connectivity index (χ1v) is 7.64. The Balaban J connectivity index is 1.87. The van der Waals surface area contributed by atoms with Crippen molar-refractivity contribution in [2.24, 2.45) is 0 Å². The number of fused-ring (bicyclic) bond motifs is 1. The van der Waals surface area contributed by atoms with Crippen molar-refractivity contribution in [3.63, 3.8) is 0 Å². The second-order valence-electron chi connectivity index (χ2n) is 4.28. The molecule has 1 amide bonds. The maximum atomic E-state index is 12.2. The molecule has 0 atom stereocenters.